The molecule has 88 valence electrons. The van der Waals surface area contributed by atoms with Crippen molar-refractivity contribution in [2.75, 3.05) is 6.54 Å². The SMILES string of the molecule is CCC(O)CCNC(=O)/C=C/c1cccs1. The predicted molar refractivity (Wildman–Crippen MR) is 67.3 cm³/mol. The zero-order valence-corrected chi connectivity index (χ0v) is 10.2. The van der Waals surface area contributed by atoms with E-state index in [2.05, 4.69) is 5.32 Å². The molecular formula is C12H17NO2S. The normalized spacial score (nSPS) is 12.9. The molecule has 0 spiro atoms. The molecule has 0 aromatic carbocycles. The smallest absolute Gasteiger partial charge is 0.244 e. The average Bonchev–Trinajstić information content (AvgIpc) is 2.79. The summed E-state index contributed by atoms with van der Waals surface area (Å²) in [6.45, 7) is 2.44. The zero-order valence-electron chi connectivity index (χ0n) is 9.35. The van der Waals surface area contributed by atoms with Crippen molar-refractivity contribution in [3.8, 4) is 0 Å². The lowest BCUT2D eigenvalue weighted by Gasteiger charge is -2.06. The Kier molecular flexibility index (Phi) is 5.82. The van der Waals surface area contributed by atoms with Crippen LogP contribution < -0.4 is 5.32 Å². The van der Waals surface area contributed by atoms with Gasteiger partial charge in [-0.05, 0) is 30.4 Å². The number of thiophene rings is 1. The molecular weight excluding hydrogens is 222 g/mol. The monoisotopic (exact) mass is 239 g/mol. The number of amides is 1. The van der Waals surface area contributed by atoms with Crippen molar-refractivity contribution in [2.24, 2.45) is 0 Å². The van der Waals surface area contributed by atoms with Crippen LogP contribution in [0.15, 0.2) is 23.6 Å². The van der Waals surface area contributed by atoms with Gasteiger partial charge in [0.05, 0.1) is 6.10 Å². The molecule has 0 aliphatic rings. The lowest BCUT2D eigenvalue weighted by Crippen LogP contribution is -2.25. The van der Waals surface area contributed by atoms with Crippen LogP contribution >= 0.6 is 11.3 Å². The maximum Gasteiger partial charge on any atom is 0.244 e. The van der Waals surface area contributed by atoms with E-state index >= 15 is 0 Å². The van der Waals surface area contributed by atoms with Crippen molar-refractivity contribution in [3.63, 3.8) is 0 Å². The summed E-state index contributed by atoms with van der Waals surface area (Å²) in [5.41, 5.74) is 0. The summed E-state index contributed by atoms with van der Waals surface area (Å²) < 4.78 is 0. The Balaban J connectivity index is 2.21. The van der Waals surface area contributed by atoms with Crippen LogP contribution in [0.4, 0.5) is 0 Å². The average molecular weight is 239 g/mol. The Bertz CT molecular complexity index is 333. The second-order valence-corrected chi connectivity index (χ2v) is 4.47. The Hall–Kier alpha value is -1.13. The first kappa shape index (κ1) is 12.9. The first-order valence-electron chi connectivity index (χ1n) is 5.40. The van der Waals surface area contributed by atoms with Gasteiger partial charge in [-0.15, -0.1) is 11.3 Å². The summed E-state index contributed by atoms with van der Waals surface area (Å²) in [6, 6.07) is 3.90. The number of aliphatic hydroxyl groups is 1. The van der Waals surface area contributed by atoms with Crippen molar-refractivity contribution in [1.82, 2.24) is 5.32 Å². The second-order valence-electron chi connectivity index (χ2n) is 3.49. The van der Waals surface area contributed by atoms with E-state index in [1.54, 1.807) is 17.4 Å². The third-order valence-corrected chi connectivity index (χ3v) is 3.03. The van der Waals surface area contributed by atoms with Gasteiger partial charge in [-0.3, -0.25) is 4.79 Å². The number of carbonyl (C=O) groups is 1. The van der Waals surface area contributed by atoms with Gasteiger partial charge in [0.1, 0.15) is 0 Å². The standard InChI is InChI=1S/C12H17NO2S/c1-2-10(14)7-8-13-12(15)6-5-11-4-3-9-16-11/h3-6,9-10,14H,2,7-8H2,1H3,(H,13,15)/b6-5+. The van der Waals surface area contributed by atoms with Gasteiger partial charge in [0, 0.05) is 17.5 Å². The molecule has 0 saturated heterocycles. The van der Waals surface area contributed by atoms with Crippen molar-refractivity contribution >= 4 is 23.3 Å². The zero-order chi connectivity index (χ0) is 11.8. The molecule has 16 heavy (non-hydrogen) atoms. The fraction of sp³-hybridized carbons (Fsp3) is 0.417. The van der Waals surface area contributed by atoms with Crippen LogP contribution in [0.1, 0.15) is 24.6 Å². The summed E-state index contributed by atoms with van der Waals surface area (Å²) in [7, 11) is 0. The molecule has 0 aliphatic carbocycles. The highest BCUT2D eigenvalue weighted by Gasteiger charge is 2.01. The largest absolute Gasteiger partial charge is 0.393 e. The minimum atomic E-state index is -0.318. The fourth-order valence-corrected chi connectivity index (χ4v) is 1.79. The molecule has 3 nitrogen and oxygen atoms in total. The maximum atomic E-state index is 11.3. The number of rotatable bonds is 6. The molecule has 0 aliphatic heterocycles. The van der Waals surface area contributed by atoms with Crippen LogP contribution in [0.25, 0.3) is 6.08 Å². The van der Waals surface area contributed by atoms with Crippen LogP contribution in [0.2, 0.25) is 0 Å². The molecule has 1 amide bonds. The summed E-state index contributed by atoms with van der Waals surface area (Å²) >= 11 is 1.59. The number of aliphatic hydroxyl groups excluding tert-OH is 1. The molecule has 0 fully saturated rings. The van der Waals surface area contributed by atoms with E-state index in [1.807, 2.05) is 24.4 Å². The van der Waals surface area contributed by atoms with Crippen LogP contribution in [0.5, 0.6) is 0 Å². The van der Waals surface area contributed by atoms with E-state index in [4.69, 9.17) is 0 Å². The Morgan fingerprint density at radius 1 is 1.69 bits per heavy atom. The van der Waals surface area contributed by atoms with Gasteiger partial charge >= 0.3 is 0 Å². The molecule has 1 aromatic rings. The van der Waals surface area contributed by atoms with Crippen molar-refractivity contribution in [2.45, 2.75) is 25.9 Å². The van der Waals surface area contributed by atoms with E-state index < -0.39 is 0 Å². The van der Waals surface area contributed by atoms with E-state index in [1.165, 1.54) is 6.08 Å². The molecule has 1 heterocycles. The highest BCUT2D eigenvalue weighted by Crippen LogP contribution is 2.09. The van der Waals surface area contributed by atoms with Crippen LogP contribution in [-0.4, -0.2) is 23.7 Å². The molecule has 0 saturated carbocycles. The topological polar surface area (TPSA) is 49.3 Å². The van der Waals surface area contributed by atoms with Gasteiger partial charge in [0.2, 0.25) is 5.91 Å². The van der Waals surface area contributed by atoms with Gasteiger partial charge in [0.25, 0.3) is 0 Å². The van der Waals surface area contributed by atoms with Crippen molar-refractivity contribution in [1.29, 1.82) is 0 Å². The lowest BCUT2D eigenvalue weighted by atomic mass is 10.2. The highest BCUT2D eigenvalue weighted by molar-refractivity contribution is 7.10. The van der Waals surface area contributed by atoms with E-state index in [0.29, 0.717) is 13.0 Å². The minimum absolute atomic E-state index is 0.114. The van der Waals surface area contributed by atoms with Gasteiger partial charge < -0.3 is 10.4 Å². The summed E-state index contributed by atoms with van der Waals surface area (Å²) in [6.07, 6.45) is 4.32. The molecule has 2 N–H and O–H groups in total. The molecule has 1 atom stereocenters. The van der Waals surface area contributed by atoms with E-state index in [-0.39, 0.29) is 12.0 Å². The molecule has 0 bridgehead atoms. The Morgan fingerprint density at radius 2 is 2.50 bits per heavy atom. The second kappa shape index (κ2) is 7.19. The van der Waals surface area contributed by atoms with E-state index in [9.17, 15) is 9.90 Å². The third kappa shape index (κ3) is 5.09. The van der Waals surface area contributed by atoms with Crippen molar-refractivity contribution < 1.29 is 9.90 Å². The fourth-order valence-electron chi connectivity index (χ4n) is 1.17. The van der Waals surface area contributed by atoms with Crippen molar-refractivity contribution in [3.05, 3.63) is 28.5 Å². The van der Waals surface area contributed by atoms with Crippen LogP contribution in [-0.2, 0) is 4.79 Å². The van der Waals surface area contributed by atoms with E-state index in [0.717, 1.165) is 11.3 Å². The van der Waals surface area contributed by atoms with Gasteiger partial charge in [-0.2, -0.15) is 0 Å². The Labute approximate surface area is 99.8 Å². The first-order valence-corrected chi connectivity index (χ1v) is 6.27. The van der Waals surface area contributed by atoms with Gasteiger partial charge in [-0.1, -0.05) is 13.0 Å². The molecule has 0 radical (unpaired) electrons. The lowest BCUT2D eigenvalue weighted by molar-refractivity contribution is -0.116. The Morgan fingerprint density at radius 3 is 3.12 bits per heavy atom. The number of hydrogen-bond donors (Lipinski definition) is 2. The number of nitrogens with one attached hydrogen (secondary N) is 1. The quantitative estimate of drug-likeness (QED) is 0.746. The van der Waals surface area contributed by atoms with Gasteiger partial charge in [-0.25, -0.2) is 0 Å². The summed E-state index contributed by atoms with van der Waals surface area (Å²) in [5, 5.41) is 14.0. The number of hydrogen-bond acceptors (Lipinski definition) is 3. The molecule has 1 unspecified atom stereocenters. The number of carbonyl (C=O) groups excluding carboxylic acids is 1. The minimum Gasteiger partial charge on any atom is -0.393 e. The van der Waals surface area contributed by atoms with Crippen LogP contribution in [0.3, 0.4) is 0 Å². The van der Waals surface area contributed by atoms with Crippen LogP contribution in [0, 0.1) is 0 Å². The summed E-state index contributed by atoms with van der Waals surface area (Å²) in [5.74, 6) is -0.114. The molecule has 4 heteroatoms. The molecule has 1 rings (SSSR count). The predicted octanol–water partition coefficient (Wildman–Crippen LogP) is 2.04. The summed E-state index contributed by atoms with van der Waals surface area (Å²) in [4.78, 5) is 12.4. The van der Waals surface area contributed by atoms with Gasteiger partial charge in [0.15, 0.2) is 0 Å². The highest BCUT2D eigenvalue weighted by atomic mass is 32.1. The molecule has 1 aromatic heterocycles. The third-order valence-electron chi connectivity index (χ3n) is 2.19. The maximum absolute atomic E-state index is 11.3. The first-order chi connectivity index (χ1) is 7.72.